The Kier molecular flexibility index (Phi) is 5.69. The Labute approximate surface area is 149 Å². The summed E-state index contributed by atoms with van der Waals surface area (Å²) < 4.78 is 38.7. The standard InChI is InChI=1S/C16H24N2O4S.ClH/c1-11-7-12-13(22-10-21-12)8-14(11)23(19,20)18-9-15-16(2,3)5-4-6-17-15;/h7-8,15,17-18H,4-6,9-10H2,1-3H3;1H. The highest BCUT2D eigenvalue weighted by molar-refractivity contribution is 7.89. The molecular formula is C16H25ClN2O4S. The van der Waals surface area contributed by atoms with Crippen molar-refractivity contribution in [3.05, 3.63) is 17.7 Å². The fourth-order valence-corrected chi connectivity index (χ4v) is 4.49. The Morgan fingerprint density at radius 2 is 1.96 bits per heavy atom. The first kappa shape index (κ1) is 19.3. The van der Waals surface area contributed by atoms with Crippen molar-refractivity contribution in [1.29, 1.82) is 0 Å². The fourth-order valence-electron chi connectivity index (χ4n) is 3.20. The smallest absolute Gasteiger partial charge is 0.241 e. The molecule has 6 nitrogen and oxygen atoms in total. The fraction of sp³-hybridized carbons (Fsp3) is 0.625. The van der Waals surface area contributed by atoms with Crippen molar-refractivity contribution in [2.75, 3.05) is 19.9 Å². The Morgan fingerprint density at radius 3 is 2.62 bits per heavy atom. The quantitative estimate of drug-likeness (QED) is 0.842. The molecule has 3 rings (SSSR count). The van der Waals surface area contributed by atoms with Crippen molar-refractivity contribution in [3.8, 4) is 11.5 Å². The summed E-state index contributed by atoms with van der Waals surface area (Å²) in [6.07, 6.45) is 2.22. The van der Waals surface area contributed by atoms with Crippen molar-refractivity contribution in [2.24, 2.45) is 5.41 Å². The van der Waals surface area contributed by atoms with Crippen LogP contribution in [0.5, 0.6) is 11.5 Å². The summed E-state index contributed by atoms with van der Waals surface area (Å²) >= 11 is 0. The number of piperidine rings is 1. The van der Waals surface area contributed by atoms with Gasteiger partial charge in [-0.25, -0.2) is 13.1 Å². The molecule has 1 aromatic carbocycles. The third-order valence-electron chi connectivity index (χ3n) is 4.77. The molecule has 1 atom stereocenters. The van der Waals surface area contributed by atoms with Gasteiger partial charge in [0.1, 0.15) is 0 Å². The van der Waals surface area contributed by atoms with Crippen LogP contribution < -0.4 is 19.5 Å². The molecule has 136 valence electrons. The number of nitrogens with one attached hydrogen (secondary N) is 2. The minimum atomic E-state index is -3.59. The summed E-state index contributed by atoms with van der Waals surface area (Å²) in [7, 11) is -3.59. The second kappa shape index (κ2) is 7.07. The predicted octanol–water partition coefficient (Wildman–Crippen LogP) is 2.20. The molecule has 1 unspecified atom stereocenters. The van der Waals surface area contributed by atoms with Gasteiger partial charge >= 0.3 is 0 Å². The number of aryl methyl sites for hydroxylation is 1. The second-order valence-corrected chi connectivity index (χ2v) is 8.66. The van der Waals surface area contributed by atoms with Gasteiger partial charge < -0.3 is 14.8 Å². The Morgan fingerprint density at radius 1 is 1.29 bits per heavy atom. The number of rotatable bonds is 4. The average molecular weight is 377 g/mol. The number of fused-ring (bicyclic) bond motifs is 1. The van der Waals surface area contributed by atoms with Crippen LogP contribution in [-0.2, 0) is 10.0 Å². The van der Waals surface area contributed by atoms with Gasteiger partial charge in [0.15, 0.2) is 11.5 Å². The lowest BCUT2D eigenvalue weighted by atomic mass is 9.78. The highest BCUT2D eigenvalue weighted by Crippen LogP contribution is 2.36. The molecule has 8 heteroatoms. The second-order valence-electron chi connectivity index (χ2n) is 6.92. The van der Waals surface area contributed by atoms with Gasteiger partial charge in [-0.15, -0.1) is 12.4 Å². The maximum absolute atomic E-state index is 12.7. The van der Waals surface area contributed by atoms with Gasteiger partial charge in [-0.3, -0.25) is 0 Å². The molecule has 0 saturated carbocycles. The number of hydrogen-bond acceptors (Lipinski definition) is 5. The number of hydrogen-bond donors (Lipinski definition) is 2. The van der Waals surface area contributed by atoms with E-state index >= 15 is 0 Å². The van der Waals surface area contributed by atoms with Gasteiger partial charge in [-0.05, 0) is 43.4 Å². The normalized spacial score (nSPS) is 22.0. The van der Waals surface area contributed by atoms with Crippen LogP contribution in [0.4, 0.5) is 0 Å². The molecule has 1 saturated heterocycles. The summed E-state index contributed by atoms with van der Waals surface area (Å²) in [5, 5.41) is 3.42. The van der Waals surface area contributed by atoms with E-state index in [9.17, 15) is 8.42 Å². The zero-order valence-electron chi connectivity index (χ0n) is 14.2. The van der Waals surface area contributed by atoms with Gasteiger partial charge in [-0.1, -0.05) is 13.8 Å². The van der Waals surface area contributed by atoms with Crippen LogP contribution in [0.1, 0.15) is 32.3 Å². The van der Waals surface area contributed by atoms with E-state index in [0.717, 1.165) is 19.4 Å². The Bertz CT molecular complexity index is 706. The first-order valence-electron chi connectivity index (χ1n) is 7.93. The Balaban J connectivity index is 0.00000208. The molecule has 1 fully saturated rings. The molecule has 1 aromatic rings. The Hall–Kier alpha value is -1.02. The zero-order valence-corrected chi connectivity index (χ0v) is 15.9. The van der Waals surface area contributed by atoms with Crippen LogP contribution in [0.25, 0.3) is 0 Å². The first-order valence-corrected chi connectivity index (χ1v) is 9.41. The van der Waals surface area contributed by atoms with Gasteiger partial charge in [0.05, 0.1) is 4.90 Å². The molecule has 2 aliphatic heterocycles. The van der Waals surface area contributed by atoms with Crippen LogP contribution in [0.3, 0.4) is 0 Å². The molecule has 0 radical (unpaired) electrons. The van der Waals surface area contributed by atoms with Gasteiger partial charge in [0.2, 0.25) is 16.8 Å². The summed E-state index contributed by atoms with van der Waals surface area (Å²) in [4.78, 5) is 0.246. The van der Waals surface area contributed by atoms with E-state index < -0.39 is 10.0 Å². The lowest BCUT2D eigenvalue weighted by Crippen LogP contribution is -2.52. The van der Waals surface area contributed by atoms with Crippen molar-refractivity contribution in [1.82, 2.24) is 10.0 Å². The van der Waals surface area contributed by atoms with Gasteiger partial charge in [-0.2, -0.15) is 0 Å². The van der Waals surface area contributed by atoms with E-state index in [1.54, 1.807) is 19.1 Å². The zero-order chi connectivity index (χ0) is 16.7. The van der Waals surface area contributed by atoms with Crippen molar-refractivity contribution < 1.29 is 17.9 Å². The van der Waals surface area contributed by atoms with Crippen LogP contribution in [0.15, 0.2) is 17.0 Å². The number of sulfonamides is 1. The van der Waals surface area contributed by atoms with Crippen molar-refractivity contribution in [3.63, 3.8) is 0 Å². The van der Waals surface area contributed by atoms with Crippen LogP contribution in [-0.4, -0.2) is 34.3 Å². The highest BCUT2D eigenvalue weighted by Gasteiger charge is 2.33. The highest BCUT2D eigenvalue weighted by atomic mass is 35.5. The van der Waals surface area contributed by atoms with E-state index in [-0.39, 0.29) is 35.6 Å². The van der Waals surface area contributed by atoms with Crippen LogP contribution >= 0.6 is 12.4 Å². The molecule has 24 heavy (non-hydrogen) atoms. The minimum absolute atomic E-state index is 0. The maximum Gasteiger partial charge on any atom is 0.241 e. The average Bonchev–Trinajstić information content (AvgIpc) is 2.92. The largest absolute Gasteiger partial charge is 0.454 e. The third-order valence-corrected chi connectivity index (χ3v) is 6.33. The molecule has 2 N–H and O–H groups in total. The molecule has 2 aliphatic rings. The van der Waals surface area contributed by atoms with E-state index in [1.165, 1.54) is 0 Å². The molecule has 0 bridgehead atoms. The molecule has 0 aromatic heterocycles. The summed E-state index contributed by atoms with van der Waals surface area (Å²) in [5.41, 5.74) is 0.725. The van der Waals surface area contributed by atoms with Gasteiger partial charge in [0, 0.05) is 18.7 Å². The molecule has 0 aliphatic carbocycles. The van der Waals surface area contributed by atoms with E-state index in [2.05, 4.69) is 23.9 Å². The topological polar surface area (TPSA) is 76.7 Å². The predicted molar refractivity (Wildman–Crippen MR) is 94.5 cm³/mol. The maximum atomic E-state index is 12.7. The number of ether oxygens (including phenoxy) is 2. The first-order chi connectivity index (χ1) is 10.8. The lowest BCUT2D eigenvalue weighted by molar-refractivity contribution is 0.174. The van der Waals surface area contributed by atoms with E-state index in [0.29, 0.717) is 23.6 Å². The molecular weight excluding hydrogens is 352 g/mol. The molecule has 0 amide bonds. The third kappa shape index (κ3) is 3.79. The van der Waals surface area contributed by atoms with Gasteiger partial charge in [0.25, 0.3) is 0 Å². The summed E-state index contributed by atoms with van der Waals surface area (Å²) in [6.45, 7) is 7.54. The van der Waals surface area contributed by atoms with Crippen molar-refractivity contribution in [2.45, 2.75) is 44.6 Å². The lowest BCUT2D eigenvalue weighted by Gasteiger charge is -2.39. The van der Waals surface area contributed by atoms with Crippen molar-refractivity contribution >= 4 is 22.4 Å². The number of benzene rings is 1. The SMILES string of the molecule is Cc1cc2c(cc1S(=O)(=O)NCC1NCCCC1(C)C)OCO2.Cl. The summed E-state index contributed by atoms with van der Waals surface area (Å²) in [6, 6.07) is 3.37. The van der Waals surface area contributed by atoms with Crippen LogP contribution in [0.2, 0.25) is 0 Å². The summed E-state index contributed by atoms with van der Waals surface area (Å²) in [5.74, 6) is 1.07. The molecule has 2 heterocycles. The number of halogens is 1. The van der Waals surface area contributed by atoms with Crippen LogP contribution in [0, 0.1) is 12.3 Å². The minimum Gasteiger partial charge on any atom is -0.454 e. The van der Waals surface area contributed by atoms with E-state index in [1.807, 2.05) is 0 Å². The monoisotopic (exact) mass is 376 g/mol. The van der Waals surface area contributed by atoms with E-state index in [4.69, 9.17) is 9.47 Å². The molecule has 0 spiro atoms.